The van der Waals surface area contributed by atoms with Gasteiger partial charge in [-0.1, -0.05) is 24.6 Å². The van der Waals surface area contributed by atoms with E-state index in [9.17, 15) is 5.26 Å². The molecule has 2 aliphatic rings. The standard InChI is InChI=1S/C27H29N3OS/c1-18(2)31-25-12-9-19(15-20(25)16-28)27-29-17-26(32-27)23-8-6-7-22-21(23)10-11-24(22)30-13-4-3-5-14-30/h6-9,12,15,17-18,24H,3-5,10-11,13-14H2,1-2H3. The molecule has 1 aromatic heterocycles. The summed E-state index contributed by atoms with van der Waals surface area (Å²) in [6.45, 7) is 6.40. The van der Waals surface area contributed by atoms with E-state index in [1.165, 1.54) is 60.3 Å². The lowest BCUT2D eigenvalue weighted by Gasteiger charge is -2.32. The Morgan fingerprint density at radius 1 is 1.16 bits per heavy atom. The summed E-state index contributed by atoms with van der Waals surface area (Å²) in [5.41, 5.74) is 5.86. The minimum atomic E-state index is 0.0355. The average Bonchev–Trinajstić information content (AvgIpc) is 3.47. The number of hydrogen-bond donors (Lipinski definition) is 0. The van der Waals surface area contributed by atoms with Crippen LogP contribution < -0.4 is 4.74 Å². The molecule has 0 saturated carbocycles. The van der Waals surface area contributed by atoms with Crippen molar-refractivity contribution in [2.45, 2.75) is 58.1 Å². The number of nitrogens with zero attached hydrogens (tertiary/aromatic N) is 3. The molecule has 5 rings (SSSR count). The number of piperidine rings is 1. The third kappa shape index (κ3) is 4.05. The lowest BCUT2D eigenvalue weighted by atomic mass is 10.00. The van der Waals surface area contributed by atoms with Crippen molar-refractivity contribution in [3.8, 4) is 32.8 Å². The summed E-state index contributed by atoms with van der Waals surface area (Å²) in [6, 6.07) is 15.4. The van der Waals surface area contributed by atoms with Crippen LogP contribution in [0.5, 0.6) is 5.75 Å². The maximum absolute atomic E-state index is 9.57. The van der Waals surface area contributed by atoms with Crippen LogP contribution in [-0.2, 0) is 6.42 Å². The molecule has 2 aromatic carbocycles. The summed E-state index contributed by atoms with van der Waals surface area (Å²) >= 11 is 1.71. The Morgan fingerprint density at radius 3 is 2.78 bits per heavy atom. The number of aromatic nitrogens is 1. The van der Waals surface area contributed by atoms with Gasteiger partial charge in [-0.2, -0.15) is 5.26 Å². The summed E-state index contributed by atoms with van der Waals surface area (Å²) in [5.74, 6) is 0.632. The monoisotopic (exact) mass is 443 g/mol. The Balaban J connectivity index is 1.44. The molecule has 4 nitrogen and oxygen atoms in total. The van der Waals surface area contributed by atoms with Crippen LogP contribution in [0.3, 0.4) is 0 Å². The molecular weight excluding hydrogens is 414 g/mol. The van der Waals surface area contributed by atoms with Gasteiger partial charge in [-0.25, -0.2) is 4.98 Å². The van der Waals surface area contributed by atoms with Crippen molar-refractivity contribution < 1.29 is 4.74 Å². The van der Waals surface area contributed by atoms with Gasteiger partial charge in [0, 0.05) is 17.8 Å². The van der Waals surface area contributed by atoms with Crippen molar-refractivity contribution >= 4 is 11.3 Å². The highest BCUT2D eigenvalue weighted by Crippen LogP contribution is 2.43. The predicted molar refractivity (Wildman–Crippen MR) is 130 cm³/mol. The topological polar surface area (TPSA) is 49.1 Å². The van der Waals surface area contributed by atoms with E-state index in [-0.39, 0.29) is 6.10 Å². The first kappa shape index (κ1) is 21.2. The summed E-state index contributed by atoms with van der Waals surface area (Å²) in [4.78, 5) is 8.62. The number of benzene rings is 2. The molecule has 0 radical (unpaired) electrons. The molecule has 1 saturated heterocycles. The minimum Gasteiger partial charge on any atom is -0.490 e. The van der Waals surface area contributed by atoms with E-state index >= 15 is 0 Å². The number of fused-ring (bicyclic) bond motifs is 1. The number of nitriles is 1. The molecule has 0 bridgehead atoms. The van der Waals surface area contributed by atoms with Crippen LogP contribution in [0.2, 0.25) is 0 Å². The van der Waals surface area contributed by atoms with Gasteiger partial charge in [0.2, 0.25) is 0 Å². The maximum Gasteiger partial charge on any atom is 0.137 e. The number of rotatable bonds is 5. The molecular formula is C27H29N3OS. The molecule has 32 heavy (non-hydrogen) atoms. The molecule has 1 aliphatic heterocycles. The lowest BCUT2D eigenvalue weighted by Crippen LogP contribution is -2.32. The summed E-state index contributed by atoms with van der Waals surface area (Å²) in [7, 11) is 0. The summed E-state index contributed by atoms with van der Waals surface area (Å²) in [6.07, 6.45) is 8.42. The Kier molecular flexibility index (Phi) is 5.99. The van der Waals surface area contributed by atoms with Gasteiger partial charge in [-0.05, 0) is 87.5 Å². The summed E-state index contributed by atoms with van der Waals surface area (Å²) < 4.78 is 5.77. The highest BCUT2D eigenvalue weighted by Gasteiger charge is 2.30. The number of likely N-dealkylation sites (tertiary alicyclic amines) is 1. The van der Waals surface area contributed by atoms with Gasteiger partial charge in [-0.3, -0.25) is 4.90 Å². The number of ether oxygens (including phenoxy) is 1. The van der Waals surface area contributed by atoms with Gasteiger partial charge in [0.1, 0.15) is 16.8 Å². The van der Waals surface area contributed by atoms with Gasteiger partial charge < -0.3 is 4.74 Å². The molecule has 1 atom stereocenters. The first-order valence-corrected chi connectivity index (χ1v) is 12.5. The Bertz CT molecular complexity index is 1150. The molecule has 1 fully saturated rings. The van der Waals surface area contributed by atoms with Gasteiger partial charge in [0.25, 0.3) is 0 Å². The van der Waals surface area contributed by atoms with Crippen LogP contribution in [0.15, 0.2) is 42.6 Å². The van der Waals surface area contributed by atoms with Crippen molar-refractivity contribution in [3.05, 3.63) is 59.3 Å². The van der Waals surface area contributed by atoms with E-state index in [1.54, 1.807) is 11.3 Å². The fourth-order valence-corrected chi connectivity index (χ4v) is 6.08. The second kappa shape index (κ2) is 9.05. The highest BCUT2D eigenvalue weighted by molar-refractivity contribution is 7.18. The van der Waals surface area contributed by atoms with Gasteiger partial charge in [-0.15, -0.1) is 11.3 Å². The van der Waals surface area contributed by atoms with Crippen molar-refractivity contribution in [2.24, 2.45) is 0 Å². The van der Waals surface area contributed by atoms with Crippen molar-refractivity contribution in [1.82, 2.24) is 9.88 Å². The molecule has 164 valence electrons. The minimum absolute atomic E-state index is 0.0355. The first-order chi connectivity index (χ1) is 15.6. The average molecular weight is 444 g/mol. The van der Waals surface area contributed by atoms with E-state index in [1.807, 2.05) is 38.2 Å². The maximum atomic E-state index is 9.57. The number of thiazole rings is 1. The molecule has 5 heteroatoms. The third-order valence-electron chi connectivity index (χ3n) is 6.55. The van der Waals surface area contributed by atoms with Gasteiger partial charge in [0.05, 0.1) is 16.5 Å². The SMILES string of the molecule is CC(C)Oc1ccc(-c2ncc(-c3cccc4c3CCC4N3CCCCC3)s2)cc1C#N. The second-order valence-corrected chi connectivity index (χ2v) is 10.1. The molecule has 2 heterocycles. The van der Waals surface area contributed by atoms with Crippen LogP contribution in [0.25, 0.3) is 21.0 Å². The summed E-state index contributed by atoms with van der Waals surface area (Å²) in [5, 5.41) is 10.5. The van der Waals surface area contributed by atoms with E-state index in [0.717, 1.165) is 17.0 Å². The zero-order valence-electron chi connectivity index (χ0n) is 18.8. The Hall–Kier alpha value is -2.68. The van der Waals surface area contributed by atoms with Crippen LogP contribution in [0.4, 0.5) is 0 Å². The van der Waals surface area contributed by atoms with Crippen LogP contribution in [0, 0.1) is 11.3 Å². The third-order valence-corrected chi connectivity index (χ3v) is 7.63. The zero-order chi connectivity index (χ0) is 22.1. The molecule has 1 unspecified atom stereocenters. The van der Waals surface area contributed by atoms with Crippen molar-refractivity contribution in [1.29, 1.82) is 5.26 Å². The van der Waals surface area contributed by atoms with E-state index in [4.69, 9.17) is 9.72 Å². The van der Waals surface area contributed by atoms with Crippen LogP contribution in [-0.4, -0.2) is 29.1 Å². The largest absolute Gasteiger partial charge is 0.490 e. The predicted octanol–water partition coefficient (Wildman–Crippen LogP) is 6.61. The molecule has 3 aromatic rings. The molecule has 1 aliphatic carbocycles. The number of hydrogen-bond acceptors (Lipinski definition) is 5. The van der Waals surface area contributed by atoms with Gasteiger partial charge in [0.15, 0.2) is 0 Å². The lowest BCUT2D eigenvalue weighted by molar-refractivity contribution is 0.163. The second-order valence-electron chi connectivity index (χ2n) is 9.04. The first-order valence-electron chi connectivity index (χ1n) is 11.7. The van der Waals surface area contributed by atoms with Crippen LogP contribution in [0.1, 0.15) is 62.3 Å². The van der Waals surface area contributed by atoms with Gasteiger partial charge >= 0.3 is 0 Å². The Morgan fingerprint density at radius 2 is 2.00 bits per heavy atom. The fourth-order valence-electron chi connectivity index (χ4n) is 5.11. The fraction of sp³-hybridized carbons (Fsp3) is 0.407. The smallest absolute Gasteiger partial charge is 0.137 e. The quantitative estimate of drug-likeness (QED) is 0.445. The van der Waals surface area contributed by atoms with Crippen molar-refractivity contribution in [3.63, 3.8) is 0 Å². The zero-order valence-corrected chi connectivity index (χ0v) is 19.6. The van der Waals surface area contributed by atoms with E-state index in [0.29, 0.717) is 17.4 Å². The molecule has 0 spiro atoms. The van der Waals surface area contributed by atoms with Crippen molar-refractivity contribution in [2.75, 3.05) is 13.1 Å². The highest BCUT2D eigenvalue weighted by atomic mass is 32.1. The molecule has 0 amide bonds. The van der Waals surface area contributed by atoms with E-state index in [2.05, 4.69) is 29.2 Å². The molecule has 0 N–H and O–H groups in total. The normalized spacial score (nSPS) is 18.5. The Labute approximate surface area is 194 Å². The van der Waals surface area contributed by atoms with Crippen LogP contribution >= 0.6 is 11.3 Å². The van der Waals surface area contributed by atoms with E-state index < -0.39 is 0 Å².